The summed E-state index contributed by atoms with van der Waals surface area (Å²) in [6, 6.07) is 5.54. The number of nitrogens with zero attached hydrogens (tertiary/aromatic N) is 3. The third kappa shape index (κ3) is 1.35. The molecule has 0 saturated heterocycles. The Balaban J connectivity index is 2.27. The lowest BCUT2D eigenvalue weighted by Gasteiger charge is -1.87. The molecule has 2 heterocycles. The standard InChI is InChI=1S/C9H5ClN4OS/c10-4-2-1-3-5-7(4)16-9(12-5)6-8(11)14-15-13-6/h1-3H,(H2,11,14). The maximum Gasteiger partial charge on any atom is 0.198 e. The third-order valence-corrected chi connectivity index (χ3v) is 3.62. The van der Waals surface area contributed by atoms with Crippen LogP contribution < -0.4 is 5.73 Å². The molecule has 0 atom stereocenters. The lowest BCUT2D eigenvalue weighted by Crippen LogP contribution is -1.87. The molecule has 0 fully saturated rings. The van der Waals surface area contributed by atoms with Gasteiger partial charge in [0.05, 0.1) is 15.2 Å². The Bertz CT molecular complexity index is 662. The van der Waals surface area contributed by atoms with Crippen LogP contribution in [0.3, 0.4) is 0 Å². The number of fused-ring (bicyclic) bond motifs is 1. The maximum atomic E-state index is 6.05. The van der Waals surface area contributed by atoms with Crippen LogP contribution in [0.4, 0.5) is 5.82 Å². The highest BCUT2D eigenvalue weighted by atomic mass is 35.5. The second-order valence-corrected chi connectivity index (χ2v) is 4.51. The lowest BCUT2D eigenvalue weighted by molar-refractivity contribution is 0.310. The van der Waals surface area contributed by atoms with Gasteiger partial charge < -0.3 is 5.73 Å². The van der Waals surface area contributed by atoms with E-state index in [1.165, 1.54) is 11.3 Å². The monoisotopic (exact) mass is 252 g/mol. The van der Waals surface area contributed by atoms with Gasteiger partial charge in [-0.1, -0.05) is 17.7 Å². The molecule has 80 valence electrons. The molecule has 0 aliphatic heterocycles. The minimum atomic E-state index is 0.232. The van der Waals surface area contributed by atoms with Crippen LogP contribution in [0.1, 0.15) is 0 Å². The van der Waals surface area contributed by atoms with E-state index in [1.807, 2.05) is 18.2 Å². The summed E-state index contributed by atoms with van der Waals surface area (Å²) in [5, 5.41) is 8.53. The van der Waals surface area contributed by atoms with E-state index in [4.69, 9.17) is 17.3 Å². The van der Waals surface area contributed by atoms with Crippen molar-refractivity contribution in [2.75, 3.05) is 5.73 Å². The second-order valence-electron chi connectivity index (χ2n) is 3.11. The van der Waals surface area contributed by atoms with E-state index in [0.717, 1.165) is 10.2 Å². The first-order valence-electron chi connectivity index (χ1n) is 4.39. The number of rotatable bonds is 1. The van der Waals surface area contributed by atoms with Crippen LogP contribution in [-0.4, -0.2) is 15.3 Å². The Hall–Kier alpha value is -1.66. The Morgan fingerprint density at radius 3 is 2.88 bits per heavy atom. The summed E-state index contributed by atoms with van der Waals surface area (Å²) in [7, 11) is 0. The van der Waals surface area contributed by atoms with Gasteiger partial charge in [-0.2, -0.15) is 0 Å². The topological polar surface area (TPSA) is 77.8 Å². The van der Waals surface area contributed by atoms with Crippen LogP contribution in [0.2, 0.25) is 5.02 Å². The van der Waals surface area contributed by atoms with Gasteiger partial charge in [-0.15, -0.1) is 11.3 Å². The number of anilines is 1. The minimum Gasteiger partial charge on any atom is -0.379 e. The van der Waals surface area contributed by atoms with Gasteiger partial charge in [0.25, 0.3) is 0 Å². The summed E-state index contributed by atoms with van der Waals surface area (Å²) in [5.74, 6) is 0.232. The molecule has 2 N–H and O–H groups in total. The fourth-order valence-corrected chi connectivity index (χ4v) is 2.61. The maximum absolute atomic E-state index is 6.05. The van der Waals surface area contributed by atoms with E-state index < -0.39 is 0 Å². The van der Waals surface area contributed by atoms with E-state index >= 15 is 0 Å². The van der Waals surface area contributed by atoms with Gasteiger partial charge in [0, 0.05) is 0 Å². The smallest absolute Gasteiger partial charge is 0.198 e. The highest BCUT2D eigenvalue weighted by Gasteiger charge is 2.15. The molecular formula is C9H5ClN4OS. The molecule has 0 aliphatic carbocycles. The number of hydrogen-bond acceptors (Lipinski definition) is 6. The first kappa shape index (κ1) is 9.56. The van der Waals surface area contributed by atoms with Crippen LogP contribution >= 0.6 is 22.9 Å². The van der Waals surface area contributed by atoms with E-state index in [0.29, 0.717) is 15.7 Å². The van der Waals surface area contributed by atoms with Crippen molar-refractivity contribution >= 4 is 39.0 Å². The number of halogens is 1. The highest BCUT2D eigenvalue weighted by molar-refractivity contribution is 7.22. The molecule has 2 aromatic heterocycles. The predicted molar refractivity (Wildman–Crippen MR) is 62.3 cm³/mol. The summed E-state index contributed by atoms with van der Waals surface area (Å²) in [6.45, 7) is 0. The molecule has 1 aromatic carbocycles. The van der Waals surface area contributed by atoms with Crippen molar-refractivity contribution in [3.63, 3.8) is 0 Å². The zero-order valence-electron chi connectivity index (χ0n) is 7.85. The predicted octanol–water partition coefficient (Wildman–Crippen LogP) is 2.58. The first-order chi connectivity index (χ1) is 7.75. The third-order valence-electron chi connectivity index (χ3n) is 2.08. The Morgan fingerprint density at radius 1 is 1.31 bits per heavy atom. The van der Waals surface area contributed by atoms with Gasteiger partial charge in [-0.25, -0.2) is 9.61 Å². The number of aromatic nitrogens is 3. The summed E-state index contributed by atoms with van der Waals surface area (Å²) >= 11 is 7.46. The van der Waals surface area contributed by atoms with Crippen LogP contribution in [0.15, 0.2) is 22.8 Å². The zero-order chi connectivity index (χ0) is 11.1. The van der Waals surface area contributed by atoms with E-state index in [2.05, 4.69) is 19.9 Å². The minimum absolute atomic E-state index is 0.232. The highest BCUT2D eigenvalue weighted by Crippen LogP contribution is 2.34. The van der Waals surface area contributed by atoms with E-state index in [-0.39, 0.29) is 5.82 Å². The van der Waals surface area contributed by atoms with E-state index in [1.54, 1.807) is 0 Å². The van der Waals surface area contributed by atoms with Gasteiger partial charge in [0.2, 0.25) is 0 Å². The molecule has 0 amide bonds. The van der Waals surface area contributed by atoms with Crippen molar-refractivity contribution in [2.24, 2.45) is 0 Å². The molecule has 0 unspecified atom stereocenters. The van der Waals surface area contributed by atoms with Crippen molar-refractivity contribution in [1.82, 2.24) is 15.3 Å². The molecule has 0 aliphatic rings. The van der Waals surface area contributed by atoms with E-state index in [9.17, 15) is 0 Å². The van der Waals surface area contributed by atoms with Gasteiger partial charge in [0.15, 0.2) is 16.5 Å². The zero-order valence-corrected chi connectivity index (χ0v) is 9.42. The molecule has 5 nitrogen and oxygen atoms in total. The Labute approximate surface area is 98.8 Å². The molecule has 7 heteroatoms. The van der Waals surface area contributed by atoms with Crippen LogP contribution in [0.25, 0.3) is 20.9 Å². The number of nitrogens with two attached hydrogens (primary N) is 1. The quantitative estimate of drug-likeness (QED) is 0.720. The number of thiazole rings is 1. The van der Waals surface area contributed by atoms with Gasteiger partial charge in [0.1, 0.15) is 0 Å². The SMILES string of the molecule is Nc1nonc1-c1nc2cccc(Cl)c2s1. The summed E-state index contributed by atoms with van der Waals surface area (Å²) in [6.07, 6.45) is 0. The Kier molecular flexibility index (Phi) is 2.05. The summed E-state index contributed by atoms with van der Waals surface area (Å²) in [5.41, 5.74) is 6.87. The van der Waals surface area contributed by atoms with Gasteiger partial charge in [-0.05, 0) is 22.4 Å². The average molecular weight is 253 g/mol. The molecule has 0 saturated carbocycles. The summed E-state index contributed by atoms with van der Waals surface area (Å²) in [4.78, 5) is 4.37. The fraction of sp³-hybridized carbons (Fsp3) is 0. The average Bonchev–Trinajstić information content (AvgIpc) is 2.84. The van der Waals surface area contributed by atoms with Crippen molar-refractivity contribution in [2.45, 2.75) is 0 Å². The Morgan fingerprint density at radius 2 is 2.19 bits per heavy atom. The molecule has 0 bridgehead atoms. The van der Waals surface area contributed by atoms with Crippen molar-refractivity contribution in [3.8, 4) is 10.7 Å². The van der Waals surface area contributed by atoms with Crippen molar-refractivity contribution < 1.29 is 4.63 Å². The van der Waals surface area contributed by atoms with Crippen molar-refractivity contribution in [1.29, 1.82) is 0 Å². The van der Waals surface area contributed by atoms with Crippen LogP contribution in [-0.2, 0) is 0 Å². The van der Waals surface area contributed by atoms with Gasteiger partial charge >= 0.3 is 0 Å². The molecule has 16 heavy (non-hydrogen) atoms. The number of benzene rings is 1. The largest absolute Gasteiger partial charge is 0.379 e. The molecule has 3 rings (SSSR count). The number of nitrogen functional groups attached to an aromatic ring is 1. The molecule has 0 spiro atoms. The van der Waals surface area contributed by atoms with Gasteiger partial charge in [-0.3, -0.25) is 0 Å². The molecule has 0 radical (unpaired) electrons. The summed E-state index contributed by atoms with van der Waals surface area (Å²) < 4.78 is 5.44. The number of hydrogen-bond donors (Lipinski definition) is 1. The second kappa shape index (κ2) is 3.43. The normalized spacial score (nSPS) is 11.1. The fourth-order valence-electron chi connectivity index (χ4n) is 1.36. The first-order valence-corrected chi connectivity index (χ1v) is 5.58. The molecule has 3 aromatic rings. The van der Waals surface area contributed by atoms with Crippen molar-refractivity contribution in [3.05, 3.63) is 23.2 Å². The lowest BCUT2D eigenvalue weighted by atomic mass is 10.3. The molecular weight excluding hydrogens is 248 g/mol. The van der Waals surface area contributed by atoms with Crippen LogP contribution in [0.5, 0.6) is 0 Å². The van der Waals surface area contributed by atoms with Crippen LogP contribution in [0, 0.1) is 0 Å².